The van der Waals surface area contributed by atoms with Gasteiger partial charge >= 0.3 is 17.9 Å². The Kier molecular flexibility index (Phi) is 41.6. The fourth-order valence-electron chi connectivity index (χ4n) is 6.76. The molecule has 8 heteroatoms. The third-order valence-electron chi connectivity index (χ3n) is 10.5. The van der Waals surface area contributed by atoms with E-state index < -0.39 is 24.1 Å². The van der Waals surface area contributed by atoms with E-state index in [-0.39, 0.29) is 36.7 Å². The molecule has 8 nitrogen and oxygen atoms in total. The van der Waals surface area contributed by atoms with Gasteiger partial charge in [-0.05, 0) is 77.0 Å². The first kappa shape index (κ1) is 58.5. The van der Waals surface area contributed by atoms with Crippen molar-refractivity contribution in [2.75, 3.05) is 41.0 Å². The second-order valence-corrected chi connectivity index (χ2v) is 17.3. The largest absolute Gasteiger partial charge is 0.477 e. The van der Waals surface area contributed by atoms with Gasteiger partial charge < -0.3 is 23.8 Å². The fourth-order valence-corrected chi connectivity index (χ4v) is 6.76. The van der Waals surface area contributed by atoms with Crippen LogP contribution in [-0.4, -0.2) is 80.6 Å². The summed E-state index contributed by atoms with van der Waals surface area (Å²) in [6, 6.07) is -0.633. The van der Waals surface area contributed by atoms with Crippen molar-refractivity contribution >= 4 is 17.9 Å². The van der Waals surface area contributed by atoms with Crippen LogP contribution in [-0.2, 0) is 28.6 Å². The molecule has 0 aromatic carbocycles. The van der Waals surface area contributed by atoms with Gasteiger partial charge in [0.1, 0.15) is 6.61 Å². The Labute approximate surface area is 380 Å². The van der Waals surface area contributed by atoms with Gasteiger partial charge in [-0.2, -0.15) is 0 Å². The number of hydrogen-bond donors (Lipinski definition) is 1. The molecule has 2 unspecified atom stereocenters. The van der Waals surface area contributed by atoms with E-state index in [4.69, 9.17) is 14.2 Å². The average molecular weight is 867 g/mol. The van der Waals surface area contributed by atoms with E-state index in [1.54, 1.807) is 0 Å². The second kappa shape index (κ2) is 44.1. The van der Waals surface area contributed by atoms with Crippen LogP contribution in [0.3, 0.4) is 0 Å². The fraction of sp³-hybridized carbons (Fsp3) is 0.685. The summed E-state index contributed by atoms with van der Waals surface area (Å²) in [4.78, 5) is 37.1. The molecular weight excluding hydrogens is 775 g/mol. The number of hydrogen-bond acceptors (Lipinski definition) is 6. The number of quaternary nitrogens is 1. The van der Waals surface area contributed by atoms with Gasteiger partial charge in [0.25, 0.3) is 0 Å². The van der Waals surface area contributed by atoms with Crippen molar-refractivity contribution in [2.45, 2.75) is 199 Å². The Bertz CT molecular complexity index is 1290. The van der Waals surface area contributed by atoms with Gasteiger partial charge in [0.15, 0.2) is 12.1 Å². The minimum atomic E-state index is -0.890. The molecule has 62 heavy (non-hydrogen) atoms. The summed E-state index contributed by atoms with van der Waals surface area (Å²) < 4.78 is 17.2. The number of carbonyl (C=O) groups excluding carboxylic acids is 2. The lowest BCUT2D eigenvalue weighted by Gasteiger charge is -2.31. The number of carboxylic acid groups (broad SMARTS) is 1. The van der Waals surface area contributed by atoms with Gasteiger partial charge in [-0.3, -0.25) is 9.59 Å². The molecule has 0 rings (SSSR count). The smallest absolute Gasteiger partial charge is 0.362 e. The quantitative estimate of drug-likeness (QED) is 0.0282. The van der Waals surface area contributed by atoms with Crippen LogP contribution in [0.4, 0.5) is 0 Å². The maximum Gasteiger partial charge on any atom is 0.362 e. The lowest BCUT2D eigenvalue weighted by atomic mass is 10.1. The van der Waals surface area contributed by atoms with Crippen LogP contribution < -0.4 is 0 Å². The molecular formula is C54H92NO7+. The van der Waals surface area contributed by atoms with Crippen molar-refractivity contribution in [3.05, 3.63) is 85.1 Å². The summed E-state index contributed by atoms with van der Waals surface area (Å²) in [7, 11) is 5.50. The zero-order valence-electron chi connectivity index (χ0n) is 40.3. The first-order valence-electron chi connectivity index (χ1n) is 24.6. The zero-order chi connectivity index (χ0) is 45.6. The van der Waals surface area contributed by atoms with Crippen LogP contribution in [0.25, 0.3) is 0 Å². The summed E-state index contributed by atoms with van der Waals surface area (Å²) in [5, 5.41) is 9.64. The molecule has 0 aliphatic heterocycles. The highest BCUT2D eigenvalue weighted by molar-refractivity contribution is 5.72. The maximum atomic E-state index is 12.7. The molecule has 0 spiro atoms. The lowest BCUT2D eigenvalue weighted by Crippen LogP contribution is -2.50. The Hall–Kier alpha value is -3.49. The Morgan fingerprint density at radius 1 is 0.500 bits per heavy atom. The number of rotatable bonds is 43. The maximum absolute atomic E-state index is 12.7. The summed E-state index contributed by atoms with van der Waals surface area (Å²) in [5.74, 6) is -1.59. The summed E-state index contributed by atoms with van der Waals surface area (Å²) in [6.07, 6.45) is 58.0. The van der Waals surface area contributed by atoms with Crippen molar-refractivity contribution in [3.63, 3.8) is 0 Å². The number of carbonyl (C=O) groups is 3. The van der Waals surface area contributed by atoms with Crippen LogP contribution in [0.5, 0.6) is 0 Å². The molecule has 2 atom stereocenters. The van der Waals surface area contributed by atoms with Crippen molar-refractivity contribution in [2.24, 2.45) is 0 Å². The predicted octanol–water partition coefficient (Wildman–Crippen LogP) is 14.1. The molecule has 0 radical (unpaired) electrons. The highest BCUT2D eigenvalue weighted by Gasteiger charge is 2.31. The molecule has 0 heterocycles. The second-order valence-electron chi connectivity index (χ2n) is 17.3. The van der Waals surface area contributed by atoms with E-state index >= 15 is 0 Å². The molecule has 0 saturated carbocycles. The van der Waals surface area contributed by atoms with E-state index in [0.29, 0.717) is 19.3 Å². The number of aliphatic carboxylic acids is 1. The minimum Gasteiger partial charge on any atom is -0.477 e. The van der Waals surface area contributed by atoms with Gasteiger partial charge in [-0.25, -0.2) is 4.79 Å². The molecule has 354 valence electrons. The van der Waals surface area contributed by atoms with E-state index in [9.17, 15) is 19.5 Å². The lowest BCUT2D eigenvalue weighted by molar-refractivity contribution is -0.887. The summed E-state index contributed by atoms with van der Waals surface area (Å²) in [6.45, 7) is 4.53. The molecule has 0 saturated heterocycles. The SMILES string of the molecule is CC/C=C/C/C=C/C/C=C/C/C=C/C/C=C/CCC(=O)OC(COCCC(C(=O)O)[N+](C)(C)C)COC(=O)CCCCCCCCC/C=C/C/C=C/CCCCCCCCCC. The number of ether oxygens (including phenoxy) is 3. The molecule has 0 aliphatic carbocycles. The highest BCUT2D eigenvalue weighted by Crippen LogP contribution is 2.13. The van der Waals surface area contributed by atoms with Crippen LogP contribution in [0.2, 0.25) is 0 Å². The van der Waals surface area contributed by atoms with E-state index in [1.807, 2.05) is 33.3 Å². The van der Waals surface area contributed by atoms with Crippen LogP contribution >= 0.6 is 0 Å². The van der Waals surface area contributed by atoms with Crippen molar-refractivity contribution < 1.29 is 38.2 Å². The Balaban J connectivity index is 4.37. The third-order valence-corrected chi connectivity index (χ3v) is 10.5. The number of carboxylic acids is 1. The van der Waals surface area contributed by atoms with Gasteiger partial charge in [-0.1, -0.05) is 176 Å². The molecule has 0 amide bonds. The highest BCUT2D eigenvalue weighted by atomic mass is 16.6. The standard InChI is InChI=1S/C54H91NO7/c1-6-8-10-12-14-16-18-20-22-24-25-26-27-28-29-31-32-34-36-38-40-42-44-52(56)61-49-50(48-60-47-46-51(54(58)59)55(3,4)5)62-53(57)45-43-41-39-37-35-33-30-23-21-19-17-15-13-11-9-7-2/h9,11,15,17,21,23-25,27-28,33,35,39,41,50-51H,6-8,10,12-14,16,18-20,22,26,29-32,34,36-38,40,42-49H2,1-5H3/p+1/b11-9+,17-15+,23-21+,25-24+,28-27+,35-33+,41-39+. The van der Waals surface area contributed by atoms with Gasteiger partial charge in [0.05, 0.1) is 34.4 Å². The van der Waals surface area contributed by atoms with Crippen LogP contribution in [0.15, 0.2) is 85.1 Å². The monoisotopic (exact) mass is 867 g/mol. The van der Waals surface area contributed by atoms with Gasteiger partial charge in [0.2, 0.25) is 0 Å². The topological polar surface area (TPSA) is 99.1 Å². The average Bonchev–Trinajstić information content (AvgIpc) is 3.23. The van der Waals surface area contributed by atoms with E-state index in [1.165, 1.54) is 83.5 Å². The van der Waals surface area contributed by atoms with E-state index in [2.05, 4.69) is 86.8 Å². The van der Waals surface area contributed by atoms with Crippen molar-refractivity contribution in [3.8, 4) is 0 Å². The first-order chi connectivity index (χ1) is 30.1. The molecule has 0 aliphatic rings. The van der Waals surface area contributed by atoms with E-state index in [0.717, 1.165) is 64.2 Å². The minimum absolute atomic E-state index is 0.0242. The molecule has 0 aromatic heterocycles. The number of nitrogens with zero attached hydrogens (tertiary/aromatic N) is 1. The Morgan fingerprint density at radius 2 is 0.935 bits per heavy atom. The number of unbranched alkanes of at least 4 members (excludes halogenated alkanes) is 15. The normalized spacial score (nSPS) is 13.6. The number of allylic oxidation sites excluding steroid dienone is 14. The van der Waals surface area contributed by atoms with Gasteiger partial charge in [-0.15, -0.1) is 0 Å². The molecule has 1 N–H and O–H groups in total. The molecule has 0 bridgehead atoms. The summed E-state index contributed by atoms with van der Waals surface area (Å²) in [5.41, 5.74) is 0. The summed E-state index contributed by atoms with van der Waals surface area (Å²) >= 11 is 0. The van der Waals surface area contributed by atoms with Crippen molar-refractivity contribution in [1.29, 1.82) is 0 Å². The number of likely N-dealkylation sites (N-methyl/N-ethyl adjacent to an activating group) is 1. The third kappa shape index (κ3) is 41.8. The first-order valence-corrected chi connectivity index (χ1v) is 24.6. The van der Waals surface area contributed by atoms with Crippen LogP contribution in [0, 0.1) is 0 Å². The van der Waals surface area contributed by atoms with Crippen LogP contribution in [0.1, 0.15) is 187 Å². The Morgan fingerprint density at radius 3 is 1.40 bits per heavy atom. The number of esters is 2. The molecule has 0 aromatic rings. The van der Waals surface area contributed by atoms with Gasteiger partial charge in [0, 0.05) is 19.3 Å². The predicted molar refractivity (Wildman–Crippen MR) is 261 cm³/mol. The zero-order valence-corrected chi connectivity index (χ0v) is 40.3. The van der Waals surface area contributed by atoms with Crippen molar-refractivity contribution in [1.82, 2.24) is 0 Å². The molecule has 0 fully saturated rings.